The molecule has 0 spiro atoms. The van der Waals surface area contributed by atoms with Crippen molar-refractivity contribution >= 4 is 17.5 Å². The molecule has 1 fully saturated rings. The average Bonchev–Trinajstić information content (AvgIpc) is 3.64. The minimum Gasteiger partial charge on any atom is -0.493 e. The van der Waals surface area contributed by atoms with E-state index in [1.807, 2.05) is 25.1 Å². The number of aromatic nitrogens is 3. The van der Waals surface area contributed by atoms with E-state index in [0.717, 1.165) is 27.8 Å². The van der Waals surface area contributed by atoms with Crippen LogP contribution in [0.4, 0.5) is 10.3 Å². The number of primary amides is 1. The van der Waals surface area contributed by atoms with Crippen LogP contribution in [0.5, 0.6) is 5.75 Å². The largest absolute Gasteiger partial charge is 0.493 e. The van der Waals surface area contributed by atoms with E-state index >= 15 is 0 Å². The highest BCUT2D eigenvalue weighted by Gasteiger charge is 2.22. The van der Waals surface area contributed by atoms with Crippen molar-refractivity contribution in [3.63, 3.8) is 0 Å². The van der Waals surface area contributed by atoms with Gasteiger partial charge < -0.3 is 25.3 Å². The van der Waals surface area contributed by atoms with Crippen molar-refractivity contribution in [3.8, 4) is 16.9 Å². The molecule has 3 N–H and O–H groups in total. The van der Waals surface area contributed by atoms with Gasteiger partial charge >= 0.3 is 0 Å². The van der Waals surface area contributed by atoms with E-state index in [2.05, 4.69) is 15.3 Å². The zero-order valence-corrected chi connectivity index (χ0v) is 19.6. The first-order chi connectivity index (χ1) is 17.5. The highest BCUT2D eigenvalue weighted by molar-refractivity contribution is 5.93. The van der Waals surface area contributed by atoms with Gasteiger partial charge in [-0.05, 0) is 30.2 Å². The molecule has 0 aliphatic carbocycles. The van der Waals surface area contributed by atoms with Gasteiger partial charge in [-0.3, -0.25) is 9.20 Å². The molecule has 2 aromatic carbocycles. The van der Waals surface area contributed by atoms with E-state index in [1.165, 1.54) is 12.3 Å². The standard InChI is InChI=1S/C26H24FN5O4/c1-14-10-15(25-35-8-9-36-25)2-3-16(14)19-12-30-26(32-13-21(23(28)33)31-24(19)32)29-11-18-17-6-7-34-22(17)5-4-20(18)27/h2-5,10,12-13,25H,6-9,11H2,1H3,(H2,28,33)(H,29,30). The van der Waals surface area contributed by atoms with Crippen molar-refractivity contribution in [1.29, 1.82) is 0 Å². The third kappa shape index (κ3) is 3.84. The summed E-state index contributed by atoms with van der Waals surface area (Å²) in [5.41, 5.74) is 11.1. The lowest BCUT2D eigenvalue weighted by Gasteiger charge is -2.15. The molecule has 0 radical (unpaired) electrons. The number of imidazole rings is 1. The fraction of sp³-hybridized carbons (Fsp3) is 0.269. The van der Waals surface area contributed by atoms with Crippen LogP contribution in [0.15, 0.2) is 42.7 Å². The second kappa shape index (κ2) is 8.89. The Labute approximate surface area is 206 Å². The Morgan fingerprint density at radius 2 is 2.03 bits per heavy atom. The molecule has 6 rings (SSSR count). The van der Waals surface area contributed by atoms with Crippen molar-refractivity contribution in [2.24, 2.45) is 5.73 Å². The summed E-state index contributed by atoms with van der Waals surface area (Å²) in [5, 5.41) is 3.20. The van der Waals surface area contributed by atoms with Crippen molar-refractivity contribution in [1.82, 2.24) is 14.4 Å². The maximum atomic E-state index is 14.6. The van der Waals surface area contributed by atoms with E-state index < -0.39 is 5.91 Å². The smallest absolute Gasteiger partial charge is 0.268 e. The van der Waals surface area contributed by atoms with Crippen LogP contribution in [0.3, 0.4) is 0 Å². The van der Waals surface area contributed by atoms with Crippen molar-refractivity contribution < 1.29 is 23.4 Å². The van der Waals surface area contributed by atoms with Crippen molar-refractivity contribution in [2.45, 2.75) is 26.2 Å². The van der Waals surface area contributed by atoms with Crippen LogP contribution in [0.25, 0.3) is 16.8 Å². The van der Waals surface area contributed by atoms with Crippen molar-refractivity contribution in [3.05, 3.63) is 76.5 Å². The van der Waals surface area contributed by atoms with E-state index in [9.17, 15) is 9.18 Å². The summed E-state index contributed by atoms with van der Waals surface area (Å²) in [5.74, 6) is 0.149. The Balaban J connectivity index is 1.38. The molecule has 36 heavy (non-hydrogen) atoms. The zero-order chi connectivity index (χ0) is 24.8. The van der Waals surface area contributed by atoms with Crippen LogP contribution in [0, 0.1) is 12.7 Å². The van der Waals surface area contributed by atoms with Gasteiger partial charge in [-0.25, -0.2) is 14.4 Å². The number of hydrogen-bond donors (Lipinski definition) is 2. The quantitative estimate of drug-likeness (QED) is 0.426. The number of amides is 1. The molecule has 4 aromatic rings. The number of halogens is 1. The topological polar surface area (TPSA) is 113 Å². The molecule has 1 saturated heterocycles. The van der Waals surface area contributed by atoms with Crippen molar-refractivity contribution in [2.75, 3.05) is 25.1 Å². The van der Waals surface area contributed by atoms with E-state index in [-0.39, 0.29) is 24.3 Å². The molecule has 2 aliphatic heterocycles. The number of nitrogens with zero attached hydrogens (tertiary/aromatic N) is 3. The number of aryl methyl sites for hydroxylation is 1. The molecule has 10 heteroatoms. The summed E-state index contributed by atoms with van der Waals surface area (Å²) in [7, 11) is 0. The van der Waals surface area contributed by atoms with Crippen LogP contribution in [-0.4, -0.2) is 40.1 Å². The molecule has 1 amide bonds. The Kier molecular flexibility index (Phi) is 5.54. The molecule has 0 bridgehead atoms. The molecule has 0 unspecified atom stereocenters. The number of hydrogen-bond acceptors (Lipinski definition) is 7. The fourth-order valence-electron chi connectivity index (χ4n) is 4.78. The second-order valence-electron chi connectivity index (χ2n) is 8.78. The minimum atomic E-state index is -0.651. The van der Waals surface area contributed by atoms with Gasteiger partial charge in [-0.15, -0.1) is 0 Å². The Hall–Kier alpha value is -4.02. The predicted molar refractivity (Wildman–Crippen MR) is 129 cm³/mol. The monoisotopic (exact) mass is 489 g/mol. The van der Waals surface area contributed by atoms with Crippen LogP contribution in [-0.2, 0) is 22.4 Å². The van der Waals surface area contributed by atoms with Gasteiger partial charge in [-0.2, -0.15) is 0 Å². The molecule has 2 aromatic heterocycles. The number of anilines is 1. The second-order valence-corrected chi connectivity index (χ2v) is 8.78. The summed E-state index contributed by atoms with van der Waals surface area (Å²) in [6, 6.07) is 8.97. The molecule has 9 nitrogen and oxygen atoms in total. The molecule has 184 valence electrons. The Morgan fingerprint density at radius 1 is 1.19 bits per heavy atom. The highest BCUT2D eigenvalue weighted by atomic mass is 19.1. The van der Waals surface area contributed by atoms with Gasteiger partial charge in [0.2, 0.25) is 5.95 Å². The Morgan fingerprint density at radius 3 is 2.81 bits per heavy atom. The first-order valence-electron chi connectivity index (χ1n) is 11.7. The zero-order valence-electron chi connectivity index (χ0n) is 19.6. The molecule has 2 aliphatic rings. The molecule has 4 heterocycles. The minimum absolute atomic E-state index is 0.106. The summed E-state index contributed by atoms with van der Waals surface area (Å²) < 4.78 is 33.1. The number of benzene rings is 2. The summed E-state index contributed by atoms with van der Waals surface area (Å²) in [6.45, 7) is 3.84. The third-order valence-electron chi connectivity index (χ3n) is 6.54. The number of rotatable bonds is 6. The first kappa shape index (κ1) is 22.4. The highest BCUT2D eigenvalue weighted by Crippen LogP contribution is 2.33. The average molecular weight is 490 g/mol. The number of nitrogens with two attached hydrogens (primary N) is 1. The number of carbonyl (C=O) groups is 1. The van der Waals surface area contributed by atoms with Crippen LogP contribution in [0.1, 0.15) is 39.0 Å². The Bertz CT molecular complexity index is 1500. The van der Waals surface area contributed by atoms with Gasteiger partial charge in [0.15, 0.2) is 6.29 Å². The van der Waals surface area contributed by atoms with Gasteiger partial charge in [0, 0.05) is 47.6 Å². The predicted octanol–water partition coefficient (Wildman–Crippen LogP) is 3.54. The SMILES string of the molecule is Cc1cc(C2OCCO2)ccc1-c1cnc(NCc2c(F)ccc3c2CCO3)n2cc(C(N)=O)nc12. The van der Waals surface area contributed by atoms with Crippen LogP contribution < -0.4 is 15.8 Å². The number of ether oxygens (including phenoxy) is 3. The summed E-state index contributed by atoms with van der Waals surface area (Å²) in [6.07, 6.45) is 3.50. The van der Waals surface area contributed by atoms with Gasteiger partial charge in [0.05, 0.1) is 19.8 Å². The molecule has 0 atom stereocenters. The lowest BCUT2D eigenvalue weighted by molar-refractivity contribution is -0.0441. The summed E-state index contributed by atoms with van der Waals surface area (Å²) in [4.78, 5) is 21.0. The normalized spacial score (nSPS) is 15.3. The first-order valence-corrected chi connectivity index (χ1v) is 11.7. The van der Waals surface area contributed by atoms with Crippen LogP contribution >= 0.6 is 0 Å². The number of carbonyl (C=O) groups excluding carboxylic acids is 1. The lowest BCUT2D eigenvalue weighted by atomic mass is 10.00. The van der Waals surface area contributed by atoms with E-state index in [1.54, 1.807) is 16.7 Å². The third-order valence-corrected chi connectivity index (χ3v) is 6.54. The lowest BCUT2D eigenvalue weighted by Crippen LogP contribution is -2.11. The molecule has 0 saturated carbocycles. The number of fused-ring (bicyclic) bond motifs is 2. The van der Waals surface area contributed by atoms with E-state index in [4.69, 9.17) is 19.9 Å². The van der Waals surface area contributed by atoms with Crippen LogP contribution in [0.2, 0.25) is 0 Å². The fourth-order valence-corrected chi connectivity index (χ4v) is 4.78. The van der Waals surface area contributed by atoms with Gasteiger partial charge in [-0.1, -0.05) is 18.2 Å². The summed E-state index contributed by atoms with van der Waals surface area (Å²) >= 11 is 0. The van der Waals surface area contributed by atoms with Gasteiger partial charge in [0.1, 0.15) is 22.9 Å². The van der Waals surface area contributed by atoms with E-state index in [0.29, 0.717) is 49.1 Å². The van der Waals surface area contributed by atoms with Gasteiger partial charge in [0.25, 0.3) is 5.91 Å². The molecular formula is C26H24FN5O4. The maximum absolute atomic E-state index is 14.6. The maximum Gasteiger partial charge on any atom is 0.268 e. The number of nitrogens with one attached hydrogen (secondary N) is 1. The molecular weight excluding hydrogens is 465 g/mol.